The van der Waals surface area contributed by atoms with Crippen LogP contribution in [0.15, 0.2) is 4.47 Å². The van der Waals surface area contributed by atoms with Gasteiger partial charge in [-0.15, -0.1) is 0 Å². The van der Waals surface area contributed by atoms with Gasteiger partial charge in [0, 0.05) is 25.0 Å². The molecule has 0 bridgehead atoms. The Morgan fingerprint density at radius 2 is 2.18 bits per heavy atom. The van der Waals surface area contributed by atoms with E-state index in [-0.39, 0.29) is 0 Å². The highest BCUT2D eigenvalue weighted by Gasteiger charge is 2.25. The molecule has 0 amide bonds. The molecule has 0 spiro atoms. The SMILES string of the molecule is Cc1nn(C)c(CN2CCC(Br)C(C)C2)c1Br. The highest BCUT2D eigenvalue weighted by atomic mass is 79.9. The first-order valence-corrected chi connectivity index (χ1v) is 7.74. The number of aryl methyl sites for hydroxylation is 2. The van der Waals surface area contributed by atoms with Crippen LogP contribution in [-0.2, 0) is 13.6 Å². The van der Waals surface area contributed by atoms with Crippen molar-refractivity contribution in [2.24, 2.45) is 13.0 Å². The van der Waals surface area contributed by atoms with Crippen molar-refractivity contribution in [3.05, 3.63) is 15.9 Å². The lowest BCUT2D eigenvalue weighted by Crippen LogP contribution is -2.39. The molecule has 1 aromatic rings. The van der Waals surface area contributed by atoms with E-state index in [2.05, 4.69) is 48.8 Å². The summed E-state index contributed by atoms with van der Waals surface area (Å²) >= 11 is 7.38. The Morgan fingerprint density at radius 1 is 1.47 bits per heavy atom. The van der Waals surface area contributed by atoms with Crippen molar-refractivity contribution in [1.29, 1.82) is 0 Å². The second-order valence-electron chi connectivity index (χ2n) is 4.99. The van der Waals surface area contributed by atoms with Gasteiger partial charge in [0.05, 0.1) is 15.9 Å². The van der Waals surface area contributed by atoms with Crippen molar-refractivity contribution in [2.75, 3.05) is 13.1 Å². The van der Waals surface area contributed by atoms with Crippen molar-refractivity contribution in [3.8, 4) is 0 Å². The molecule has 3 nitrogen and oxygen atoms in total. The van der Waals surface area contributed by atoms with Gasteiger partial charge in [0.15, 0.2) is 0 Å². The number of hydrogen-bond acceptors (Lipinski definition) is 2. The van der Waals surface area contributed by atoms with Crippen LogP contribution in [0, 0.1) is 12.8 Å². The van der Waals surface area contributed by atoms with Crippen LogP contribution in [0.4, 0.5) is 0 Å². The van der Waals surface area contributed by atoms with Gasteiger partial charge in [0.2, 0.25) is 0 Å². The zero-order chi connectivity index (χ0) is 12.6. The van der Waals surface area contributed by atoms with Crippen LogP contribution in [-0.4, -0.2) is 32.6 Å². The van der Waals surface area contributed by atoms with Crippen molar-refractivity contribution in [3.63, 3.8) is 0 Å². The summed E-state index contributed by atoms with van der Waals surface area (Å²) in [7, 11) is 2.02. The maximum atomic E-state index is 4.44. The second kappa shape index (κ2) is 5.41. The standard InChI is InChI=1S/C12H19Br2N3/c1-8-6-17(5-4-10(8)13)7-11-12(14)9(2)15-16(11)3/h8,10H,4-7H2,1-3H3. The molecular weight excluding hydrogens is 346 g/mol. The summed E-state index contributed by atoms with van der Waals surface area (Å²) in [5, 5.41) is 4.44. The molecular formula is C12H19Br2N3. The minimum atomic E-state index is 0.676. The number of alkyl halides is 1. The molecule has 1 saturated heterocycles. The lowest BCUT2D eigenvalue weighted by atomic mass is 10.00. The van der Waals surface area contributed by atoms with E-state index in [1.54, 1.807) is 0 Å². The lowest BCUT2D eigenvalue weighted by Gasteiger charge is -2.34. The van der Waals surface area contributed by atoms with Crippen molar-refractivity contribution in [2.45, 2.75) is 31.6 Å². The molecule has 2 unspecified atom stereocenters. The lowest BCUT2D eigenvalue weighted by molar-refractivity contribution is 0.179. The molecule has 0 N–H and O–H groups in total. The Bertz CT molecular complexity index is 403. The van der Waals surface area contributed by atoms with Gasteiger partial charge < -0.3 is 0 Å². The second-order valence-corrected chi connectivity index (χ2v) is 6.96. The third-order valence-electron chi connectivity index (χ3n) is 3.52. The first-order valence-electron chi connectivity index (χ1n) is 6.03. The Balaban J connectivity index is 2.06. The van der Waals surface area contributed by atoms with Gasteiger partial charge in [-0.1, -0.05) is 22.9 Å². The smallest absolute Gasteiger partial charge is 0.0739 e. The van der Waals surface area contributed by atoms with Gasteiger partial charge in [-0.2, -0.15) is 5.10 Å². The van der Waals surface area contributed by atoms with E-state index in [4.69, 9.17) is 0 Å². The summed E-state index contributed by atoms with van der Waals surface area (Å²) in [6, 6.07) is 0. The Kier molecular flexibility index (Phi) is 4.31. The first-order chi connectivity index (χ1) is 7.99. The fraction of sp³-hybridized carbons (Fsp3) is 0.750. The number of halogens is 2. The van der Waals surface area contributed by atoms with Gasteiger partial charge >= 0.3 is 0 Å². The minimum absolute atomic E-state index is 0.676. The predicted molar refractivity (Wildman–Crippen MR) is 77.4 cm³/mol. The fourth-order valence-electron chi connectivity index (χ4n) is 2.41. The Hall–Kier alpha value is 0.130. The van der Waals surface area contributed by atoms with Crippen LogP contribution in [0.25, 0.3) is 0 Å². The maximum absolute atomic E-state index is 4.44. The molecule has 1 aliphatic heterocycles. The number of nitrogens with zero attached hydrogens (tertiary/aromatic N) is 3. The summed E-state index contributed by atoms with van der Waals surface area (Å²) in [5.41, 5.74) is 2.36. The molecule has 1 fully saturated rings. The predicted octanol–water partition coefficient (Wildman–Crippen LogP) is 3.10. The normalized spacial score (nSPS) is 26.4. The largest absolute Gasteiger partial charge is 0.297 e. The third kappa shape index (κ3) is 2.93. The Morgan fingerprint density at radius 3 is 2.71 bits per heavy atom. The van der Waals surface area contributed by atoms with Gasteiger partial charge in [-0.25, -0.2) is 0 Å². The van der Waals surface area contributed by atoms with Gasteiger partial charge in [-0.05, 0) is 41.7 Å². The highest BCUT2D eigenvalue weighted by Crippen LogP contribution is 2.27. The molecule has 2 atom stereocenters. The zero-order valence-corrected chi connectivity index (χ0v) is 13.8. The Labute approximate surface area is 120 Å². The van der Waals surface area contributed by atoms with Crippen LogP contribution >= 0.6 is 31.9 Å². The first kappa shape index (κ1) is 13.6. The van der Waals surface area contributed by atoms with E-state index in [9.17, 15) is 0 Å². The van der Waals surface area contributed by atoms with Crippen molar-refractivity contribution < 1.29 is 0 Å². The number of aromatic nitrogens is 2. The number of piperidine rings is 1. The maximum Gasteiger partial charge on any atom is 0.0739 e. The summed E-state index contributed by atoms with van der Waals surface area (Å²) < 4.78 is 3.15. The number of rotatable bonds is 2. The number of hydrogen-bond donors (Lipinski definition) is 0. The molecule has 0 aliphatic carbocycles. The zero-order valence-electron chi connectivity index (χ0n) is 10.6. The van der Waals surface area contributed by atoms with E-state index in [0.717, 1.165) is 35.7 Å². The molecule has 1 aliphatic rings. The van der Waals surface area contributed by atoms with E-state index in [1.807, 2.05) is 18.7 Å². The molecule has 0 aromatic carbocycles. The average Bonchev–Trinajstić information content (AvgIpc) is 2.50. The molecule has 1 aromatic heterocycles. The quantitative estimate of drug-likeness (QED) is 0.752. The molecule has 17 heavy (non-hydrogen) atoms. The van der Waals surface area contributed by atoms with Gasteiger partial charge in [0.25, 0.3) is 0 Å². The molecule has 2 heterocycles. The van der Waals surface area contributed by atoms with Gasteiger partial charge in [0.1, 0.15) is 0 Å². The highest BCUT2D eigenvalue weighted by molar-refractivity contribution is 9.10. The topological polar surface area (TPSA) is 21.1 Å². The molecule has 2 rings (SSSR count). The van der Waals surface area contributed by atoms with Crippen LogP contribution in [0.5, 0.6) is 0 Å². The number of likely N-dealkylation sites (tertiary alicyclic amines) is 1. The van der Waals surface area contributed by atoms with Gasteiger partial charge in [-0.3, -0.25) is 9.58 Å². The molecule has 5 heteroatoms. The molecule has 96 valence electrons. The molecule has 0 saturated carbocycles. The third-order valence-corrected chi connectivity index (χ3v) is 5.91. The van der Waals surface area contributed by atoms with E-state index >= 15 is 0 Å². The summed E-state index contributed by atoms with van der Waals surface area (Å²) in [6.45, 7) is 7.67. The summed E-state index contributed by atoms with van der Waals surface area (Å²) in [4.78, 5) is 3.19. The average molecular weight is 365 g/mol. The van der Waals surface area contributed by atoms with Crippen LogP contribution in [0.3, 0.4) is 0 Å². The monoisotopic (exact) mass is 363 g/mol. The van der Waals surface area contributed by atoms with Crippen LogP contribution in [0.2, 0.25) is 0 Å². The fourth-order valence-corrected chi connectivity index (χ4v) is 3.24. The van der Waals surface area contributed by atoms with Crippen LogP contribution < -0.4 is 0 Å². The van der Waals surface area contributed by atoms with E-state index in [1.165, 1.54) is 12.1 Å². The van der Waals surface area contributed by atoms with Crippen molar-refractivity contribution >= 4 is 31.9 Å². The summed E-state index contributed by atoms with van der Waals surface area (Å²) in [5.74, 6) is 0.719. The van der Waals surface area contributed by atoms with E-state index < -0.39 is 0 Å². The molecule has 0 radical (unpaired) electrons. The summed E-state index contributed by atoms with van der Waals surface area (Å²) in [6.07, 6.45) is 1.23. The van der Waals surface area contributed by atoms with Crippen molar-refractivity contribution in [1.82, 2.24) is 14.7 Å². The minimum Gasteiger partial charge on any atom is -0.297 e. The van der Waals surface area contributed by atoms with E-state index in [0.29, 0.717) is 4.83 Å². The van der Waals surface area contributed by atoms with Crippen LogP contribution in [0.1, 0.15) is 24.7 Å².